The van der Waals surface area contributed by atoms with Crippen LogP contribution in [0.1, 0.15) is 89.4 Å². The predicted octanol–water partition coefficient (Wildman–Crippen LogP) is 8.38. The van der Waals surface area contributed by atoms with E-state index in [4.69, 9.17) is 18.9 Å². The van der Waals surface area contributed by atoms with Crippen molar-refractivity contribution in [1.29, 1.82) is 0 Å². The van der Waals surface area contributed by atoms with E-state index in [1.165, 1.54) is 27.0 Å². The Morgan fingerprint density at radius 3 is 1.91 bits per heavy atom. The number of aryl methyl sites for hydroxylation is 1. The number of aromatic hydroxyl groups is 1. The number of benzene rings is 4. The van der Waals surface area contributed by atoms with Crippen molar-refractivity contribution in [1.82, 2.24) is 0 Å². The molecule has 1 aliphatic rings. The van der Waals surface area contributed by atoms with Gasteiger partial charge in [0.05, 0.1) is 18.2 Å². The number of halogens is 1. The van der Waals surface area contributed by atoms with Gasteiger partial charge in [-0.25, -0.2) is 19.2 Å². The van der Waals surface area contributed by atoms with Crippen molar-refractivity contribution < 1.29 is 58.2 Å². The van der Waals surface area contributed by atoms with Gasteiger partial charge in [0.2, 0.25) is 5.60 Å². The number of carboxylic acids is 1. The largest absolute Gasteiger partial charge is 0.506 e. The second-order valence-corrected chi connectivity index (χ2v) is 14.9. The maximum Gasteiger partial charge on any atom is 0.356 e. The van der Waals surface area contributed by atoms with Gasteiger partial charge in [0.1, 0.15) is 33.0 Å². The fraction of sp³-hybridized carbons (Fsp3) is 0.267. The number of hydrogen-bond donors (Lipinski definition) is 3. The molecule has 0 heterocycles. The number of allylic oxidation sites excluding steroid dienone is 2. The molecule has 0 saturated carbocycles. The second kappa shape index (κ2) is 16.4. The van der Waals surface area contributed by atoms with Crippen LogP contribution < -0.4 is 14.2 Å². The van der Waals surface area contributed by atoms with Gasteiger partial charge in [-0.05, 0) is 146 Å². The average Bonchev–Trinajstić information content (AvgIpc) is 3.16. The van der Waals surface area contributed by atoms with Gasteiger partial charge < -0.3 is 34.3 Å². The third-order valence-corrected chi connectivity index (χ3v) is 11.5. The smallest absolute Gasteiger partial charge is 0.356 e. The first-order valence-corrected chi connectivity index (χ1v) is 19.0. The maximum absolute atomic E-state index is 14.2. The summed E-state index contributed by atoms with van der Waals surface area (Å²) in [5.74, 6) is -5.21. The van der Waals surface area contributed by atoms with E-state index in [1.807, 2.05) is 37.3 Å². The molecule has 302 valence electrons. The van der Waals surface area contributed by atoms with E-state index in [0.717, 1.165) is 12.2 Å². The van der Waals surface area contributed by atoms with Crippen LogP contribution >= 0.6 is 15.9 Å². The topological polar surface area (TPSA) is 183 Å². The summed E-state index contributed by atoms with van der Waals surface area (Å²) in [6, 6.07) is 10.6. The van der Waals surface area contributed by atoms with Gasteiger partial charge in [0.15, 0.2) is 11.5 Å². The van der Waals surface area contributed by atoms with Crippen LogP contribution in [0.2, 0.25) is 0 Å². The van der Waals surface area contributed by atoms with Crippen LogP contribution in [0.25, 0.3) is 11.1 Å². The lowest BCUT2D eigenvalue weighted by atomic mass is 9.87. The highest BCUT2D eigenvalue weighted by molar-refractivity contribution is 9.10. The lowest BCUT2D eigenvalue weighted by Gasteiger charge is -2.30. The number of carbonyl (C=O) groups is 5. The molecule has 0 radical (unpaired) electrons. The molecule has 0 saturated heterocycles. The van der Waals surface area contributed by atoms with E-state index in [2.05, 4.69) is 15.9 Å². The van der Waals surface area contributed by atoms with Gasteiger partial charge in [0, 0.05) is 11.6 Å². The number of ketones is 1. The van der Waals surface area contributed by atoms with Crippen LogP contribution in [0, 0.1) is 48.5 Å². The van der Waals surface area contributed by atoms with E-state index in [0.29, 0.717) is 50.9 Å². The molecule has 0 aliphatic heterocycles. The summed E-state index contributed by atoms with van der Waals surface area (Å²) >= 11 is 3.23. The van der Waals surface area contributed by atoms with Gasteiger partial charge in [-0.1, -0.05) is 37.3 Å². The predicted molar refractivity (Wildman–Crippen MR) is 218 cm³/mol. The molecule has 3 N–H and O–H groups in total. The highest BCUT2D eigenvalue weighted by Gasteiger charge is 2.48. The Bertz CT molecular complexity index is 2480. The number of aliphatic hydroxyl groups is 1. The zero-order valence-electron chi connectivity index (χ0n) is 33.7. The summed E-state index contributed by atoms with van der Waals surface area (Å²) in [5.41, 5.74) is 2.09. The van der Waals surface area contributed by atoms with Gasteiger partial charge in [-0.15, -0.1) is 0 Å². The Kier molecular flexibility index (Phi) is 12.2. The van der Waals surface area contributed by atoms with Crippen molar-refractivity contribution in [3.05, 3.63) is 126 Å². The average molecular weight is 856 g/mol. The SMILES string of the molecule is CCc1c(OC(=O)c2c(C)c(C)c(OC(=O)[C@@]3(O)C(C)=CC(=O)C=C3OC)c(Br)c2O)cc(C)c(C(=O)Oc2c(C)c(C)c(C(=O)O)c(C)c2-c2ccccc2)c1C. The minimum absolute atomic E-state index is 0.0417. The van der Waals surface area contributed by atoms with Crippen LogP contribution in [0.5, 0.6) is 23.0 Å². The molecule has 0 amide bonds. The zero-order valence-corrected chi connectivity index (χ0v) is 35.3. The lowest BCUT2D eigenvalue weighted by Crippen LogP contribution is -2.47. The van der Waals surface area contributed by atoms with Gasteiger partial charge >= 0.3 is 23.9 Å². The van der Waals surface area contributed by atoms with Crippen molar-refractivity contribution in [3.8, 4) is 34.1 Å². The van der Waals surface area contributed by atoms with Gasteiger partial charge in [-0.2, -0.15) is 0 Å². The van der Waals surface area contributed by atoms with Crippen LogP contribution in [0.3, 0.4) is 0 Å². The highest BCUT2D eigenvalue weighted by Crippen LogP contribution is 2.45. The monoisotopic (exact) mass is 854 g/mol. The molecule has 13 heteroatoms. The van der Waals surface area contributed by atoms with E-state index in [9.17, 15) is 39.3 Å². The summed E-state index contributed by atoms with van der Waals surface area (Å²) in [6.07, 6.45) is 2.37. The van der Waals surface area contributed by atoms with E-state index < -0.39 is 41.0 Å². The molecule has 0 unspecified atom stereocenters. The molecule has 0 spiro atoms. The number of rotatable bonds is 10. The molecule has 0 fully saturated rings. The van der Waals surface area contributed by atoms with Crippen LogP contribution in [0.15, 0.2) is 64.4 Å². The van der Waals surface area contributed by atoms with Crippen LogP contribution in [-0.2, 0) is 20.7 Å². The Morgan fingerprint density at radius 1 is 0.741 bits per heavy atom. The molecule has 1 atom stereocenters. The summed E-state index contributed by atoms with van der Waals surface area (Å²) in [5, 5.41) is 32.7. The van der Waals surface area contributed by atoms with E-state index in [-0.39, 0.29) is 60.9 Å². The molecule has 4 aromatic rings. The molecule has 58 heavy (non-hydrogen) atoms. The molecule has 1 aliphatic carbocycles. The summed E-state index contributed by atoms with van der Waals surface area (Å²) in [7, 11) is 1.19. The molecule has 0 aromatic heterocycles. The molecule has 0 bridgehead atoms. The first kappa shape index (κ1) is 43.1. The molecular formula is C45H43BrO12. The number of aromatic carboxylic acids is 1. The van der Waals surface area contributed by atoms with E-state index >= 15 is 0 Å². The number of ether oxygens (including phenoxy) is 4. The van der Waals surface area contributed by atoms with Crippen molar-refractivity contribution >= 4 is 45.6 Å². The fourth-order valence-electron chi connectivity index (χ4n) is 7.36. The van der Waals surface area contributed by atoms with Gasteiger partial charge in [-0.3, -0.25) is 4.79 Å². The van der Waals surface area contributed by atoms with Crippen molar-refractivity contribution in [2.45, 2.75) is 74.3 Å². The van der Waals surface area contributed by atoms with Crippen LogP contribution in [0.4, 0.5) is 0 Å². The molecular weight excluding hydrogens is 812 g/mol. The summed E-state index contributed by atoms with van der Waals surface area (Å²) in [4.78, 5) is 65.8. The standard InChI is InChI=1S/C45H43BrO12/c1-11-30-26(8)33(42(51)57-39-24(6)22(4)34(41(49)50)27(9)35(39)28-15-13-12-14-16-28)20(2)17-31(30)56-43(52)36-23(5)25(7)40(37(46)38(36)48)58-44(53)45(54)21(3)18-29(47)19-32(45)55-10/h12-19,48,54H,11H2,1-10H3,(H,49,50)/t45-/m1/s1. The molecule has 4 aromatic carbocycles. The lowest BCUT2D eigenvalue weighted by molar-refractivity contribution is -0.151. The van der Waals surface area contributed by atoms with Crippen molar-refractivity contribution in [3.63, 3.8) is 0 Å². The summed E-state index contributed by atoms with van der Waals surface area (Å²) in [6.45, 7) is 14.7. The number of carboxylic acid groups (broad SMARTS) is 1. The summed E-state index contributed by atoms with van der Waals surface area (Å²) < 4.78 is 22.6. The first-order chi connectivity index (χ1) is 27.2. The minimum Gasteiger partial charge on any atom is -0.506 e. The third kappa shape index (κ3) is 7.31. The second-order valence-electron chi connectivity index (χ2n) is 14.1. The number of esters is 3. The Labute approximate surface area is 343 Å². The van der Waals surface area contributed by atoms with Crippen molar-refractivity contribution in [2.75, 3.05) is 7.11 Å². The zero-order chi connectivity index (χ0) is 43.1. The Balaban J connectivity index is 1.50. The van der Waals surface area contributed by atoms with Gasteiger partial charge in [0.25, 0.3) is 0 Å². The fourth-order valence-corrected chi connectivity index (χ4v) is 7.94. The number of hydrogen-bond acceptors (Lipinski definition) is 11. The normalized spacial score (nSPS) is 15.0. The highest BCUT2D eigenvalue weighted by atomic mass is 79.9. The quantitative estimate of drug-likeness (QED) is 0.103. The molecule has 12 nitrogen and oxygen atoms in total. The number of phenolic OH excluding ortho intramolecular Hbond substituents is 1. The maximum atomic E-state index is 14.2. The molecule has 5 rings (SSSR count). The van der Waals surface area contributed by atoms with Crippen molar-refractivity contribution in [2.24, 2.45) is 0 Å². The Hall–Kier alpha value is -6.05. The number of methoxy groups -OCH3 is 1. The van der Waals surface area contributed by atoms with E-state index in [1.54, 1.807) is 41.5 Å². The minimum atomic E-state index is -2.44. The number of carbonyl (C=O) groups excluding carboxylic acids is 4. The number of phenols is 1. The van der Waals surface area contributed by atoms with Crippen LogP contribution in [-0.4, -0.2) is 57.7 Å². The first-order valence-electron chi connectivity index (χ1n) is 18.2. The third-order valence-electron chi connectivity index (χ3n) is 10.7. The Morgan fingerprint density at radius 2 is 1.33 bits per heavy atom.